The zero-order valence-electron chi connectivity index (χ0n) is 12.0. The number of likely N-dealkylation sites (N-methyl/N-ethyl adjacent to an activating group) is 1. The molecule has 0 aliphatic rings. The summed E-state index contributed by atoms with van der Waals surface area (Å²) in [6.07, 6.45) is 5.29. The smallest absolute Gasteiger partial charge is 0.0416 e. The maximum atomic E-state index is 4.36. The first-order valence-corrected chi connectivity index (χ1v) is 7.08. The molecule has 0 spiro atoms. The summed E-state index contributed by atoms with van der Waals surface area (Å²) in [5, 5.41) is 3.59. The lowest BCUT2D eigenvalue weighted by Gasteiger charge is -2.24. The Kier molecular flexibility index (Phi) is 7.62. The van der Waals surface area contributed by atoms with Gasteiger partial charge in [0.25, 0.3) is 0 Å². The van der Waals surface area contributed by atoms with Gasteiger partial charge in [-0.1, -0.05) is 19.9 Å². The molecule has 3 nitrogen and oxygen atoms in total. The molecule has 0 fully saturated rings. The van der Waals surface area contributed by atoms with E-state index in [2.05, 4.69) is 48.2 Å². The second-order valence-corrected chi connectivity index (χ2v) is 4.89. The van der Waals surface area contributed by atoms with Gasteiger partial charge in [0.15, 0.2) is 0 Å². The van der Waals surface area contributed by atoms with Gasteiger partial charge in [-0.2, -0.15) is 0 Å². The van der Waals surface area contributed by atoms with Crippen molar-refractivity contribution in [1.29, 1.82) is 0 Å². The number of hydrogen-bond acceptors (Lipinski definition) is 3. The van der Waals surface area contributed by atoms with Crippen LogP contribution in [0.3, 0.4) is 0 Å². The molecule has 0 amide bonds. The van der Waals surface area contributed by atoms with Crippen LogP contribution in [0, 0.1) is 0 Å². The van der Waals surface area contributed by atoms with Crippen LogP contribution >= 0.6 is 0 Å². The lowest BCUT2D eigenvalue weighted by Crippen LogP contribution is -2.40. The molecule has 102 valence electrons. The van der Waals surface area contributed by atoms with E-state index < -0.39 is 0 Å². The van der Waals surface area contributed by atoms with Gasteiger partial charge in [0.2, 0.25) is 0 Å². The minimum absolute atomic E-state index is 0.610. The number of aromatic nitrogens is 1. The van der Waals surface area contributed by atoms with Crippen molar-refractivity contribution in [2.75, 3.05) is 26.7 Å². The Morgan fingerprint density at radius 2 is 2.17 bits per heavy atom. The predicted molar refractivity (Wildman–Crippen MR) is 77.8 cm³/mol. The van der Waals surface area contributed by atoms with Crippen LogP contribution in [-0.2, 0) is 6.42 Å². The number of pyridine rings is 1. The number of nitrogens with one attached hydrogen (secondary N) is 1. The summed E-state index contributed by atoms with van der Waals surface area (Å²) in [4.78, 5) is 6.75. The quantitative estimate of drug-likeness (QED) is 0.728. The molecule has 1 unspecified atom stereocenters. The average Bonchev–Trinajstić information content (AvgIpc) is 2.42. The topological polar surface area (TPSA) is 28.2 Å². The summed E-state index contributed by atoms with van der Waals surface area (Å²) in [5.41, 5.74) is 1.18. The van der Waals surface area contributed by atoms with Crippen LogP contribution in [0.2, 0.25) is 0 Å². The fourth-order valence-electron chi connectivity index (χ4n) is 2.01. The standard InChI is InChI=1S/C15H27N3/c1-4-10-16-14(5-2)13-18(3)12-9-15-8-6-7-11-17-15/h6-8,11,14,16H,4-5,9-10,12-13H2,1-3H3. The Hall–Kier alpha value is -0.930. The molecule has 18 heavy (non-hydrogen) atoms. The Morgan fingerprint density at radius 1 is 1.33 bits per heavy atom. The molecular weight excluding hydrogens is 222 g/mol. The Bertz CT molecular complexity index is 300. The molecule has 0 aliphatic carbocycles. The predicted octanol–water partition coefficient (Wildman–Crippen LogP) is 2.33. The molecule has 0 bridgehead atoms. The number of nitrogens with zero attached hydrogens (tertiary/aromatic N) is 2. The van der Waals surface area contributed by atoms with Crippen molar-refractivity contribution in [1.82, 2.24) is 15.2 Å². The van der Waals surface area contributed by atoms with Crippen molar-refractivity contribution in [2.45, 2.75) is 39.2 Å². The highest BCUT2D eigenvalue weighted by molar-refractivity contribution is 5.03. The van der Waals surface area contributed by atoms with Gasteiger partial charge in [-0.15, -0.1) is 0 Å². The number of hydrogen-bond donors (Lipinski definition) is 1. The Labute approximate surface area is 112 Å². The van der Waals surface area contributed by atoms with Gasteiger partial charge in [-0.05, 0) is 38.6 Å². The first-order valence-electron chi connectivity index (χ1n) is 7.08. The zero-order valence-corrected chi connectivity index (χ0v) is 12.0. The second-order valence-electron chi connectivity index (χ2n) is 4.89. The lowest BCUT2D eigenvalue weighted by molar-refractivity contribution is 0.286. The summed E-state index contributed by atoms with van der Waals surface area (Å²) in [5.74, 6) is 0. The Morgan fingerprint density at radius 3 is 2.78 bits per heavy atom. The molecule has 1 rings (SSSR count). The highest BCUT2D eigenvalue weighted by atomic mass is 15.1. The summed E-state index contributed by atoms with van der Waals surface area (Å²) in [6, 6.07) is 6.73. The van der Waals surface area contributed by atoms with E-state index in [-0.39, 0.29) is 0 Å². The van der Waals surface area contributed by atoms with Crippen LogP contribution in [0.4, 0.5) is 0 Å². The minimum atomic E-state index is 0.610. The van der Waals surface area contributed by atoms with Gasteiger partial charge >= 0.3 is 0 Å². The molecular formula is C15H27N3. The molecule has 0 saturated heterocycles. The first kappa shape index (κ1) is 15.1. The minimum Gasteiger partial charge on any atom is -0.313 e. The lowest BCUT2D eigenvalue weighted by atomic mass is 10.2. The van der Waals surface area contributed by atoms with Gasteiger partial charge in [0.05, 0.1) is 0 Å². The molecule has 1 N–H and O–H groups in total. The van der Waals surface area contributed by atoms with E-state index in [1.165, 1.54) is 18.5 Å². The molecule has 0 saturated carbocycles. The van der Waals surface area contributed by atoms with E-state index in [4.69, 9.17) is 0 Å². The van der Waals surface area contributed by atoms with Crippen molar-refractivity contribution < 1.29 is 0 Å². The van der Waals surface area contributed by atoms with Crippen LogP contribution in [0.5, 0.6) is 0 Å². The monoisotopic (exact) mass is 249 g/mol. The molecule has 1 aromatic rings. The highest BCUT2D eigenvalue weighted by Crippen LogP contribution is 1.99. The van der Waals surface area contributed by atoms with E-state index in [9.17, 15) is 0 Å². The molecule has 0 aromatic carbocycles. The van der Waals surface area contributed by atoms with Crippen LogP contribution in [-0.4, -0.2) is 42.6 Å². The fourth-order valence-corrected chi connectivity index (χ4v) is 2.01. The van der Waals surface area contributed by atoms with Crippen LogP contribution in [0.15, 0.2) is 24.4 Å². The van der Waals surface area contributed by atoms with Gasteiger partial charge in [-0.25, -0.2) is 0 Å². The van der Waals surface area contributed by atoms with Gasteiger partial charge in [0, 0.05) is 37.4 Å². The third kappa shape index (κ3) is 6.12. The Balaban J connectivity index is 2.25. The van der Waals surface area contributed by atoms with Crippen molar-refractivity contribution in [2.24, 2.45) is 0 Å². The summed E-state index contributed by atoms with van der Waals surface area (Å²) in [7, 11) is 2.19. The van der Waals surface area contributed by atoms with E-state index >= 15 is 0 Å². The molecule has 0 aliphatic heterocycles. The first-order chi connectivity index (χ1) is 8.76. The highest BCUT2D eigenvalue weighted by Gasteiger charge is 2.08. The fraction of sp³-hybridized carbons (Fsp3) is 0.667. The molecule has 0 radical (unpaired) electrons. The molecule has 1 atom stereocenters. The van der Waals surface area contributed by atoms with Crippen molar-refractivity contribution in [3.8, 4) is 0 Å². The van der Waals surface area contributed by atoms with Crippen LogP contribution < -0.4 is 5.32 Å². The van der Waals surface area contributed by atoms with Gasteiger partial charge < -0.3 is 10.2 Å². The summed E-state index contributed by atoms with van der Waals surface area (Å²) >= 11 is 0. The summed E-state index contributed by atoms with van der Waals surface area (Å²) in [6.45, 7) is 7.77. The van der Waals surface area contributed by atoms with E-state index in [1.807, 2.05) is 12.3 Å². The third-order valence-electron chi connectivity index (χ3n) is 3.18. The maximum Gasteiger partial charge on any atom is 0.0416 e. The molecule has 3 heteroatoms. The molecule has 1 aromatic heterocycles. The van der Waals surface area contributed by atoms with Crippen LogP contribution in [0.25, 0.3) is 0 Å². The van der Waals surface area contributed by atoms with E-state index in [0.29, 0.717) is 6.04 Å². The maximum absolute atomic E-state index is 4.36. The third-order valence-corrected chi connectivity index (χ3v) is 3.18. The number of rotatable bonds is 9. The average molecular weight is 249 g/mol. The zero-order chi connectivity index (χ0) is 13.2. The second kappa shape index (κ2) is 9.06. The van der Waals surface area contributed by atoms with Crippen molar-refractivity contribution in [3.63, 3.8) is 0 Å². The molecule has 1 heterocycles. The van der Waals surface area contributed by atoms with Gasteiger partial charge in [0.1, 0.15) is 0 Å². The van der Waals surface area contributed by atoms with E-state index in [0.717, 1.165) is 26.1 Å². The van der Waals surface area contributed by atoms with E-state index in [1.54, 1.807) is 0 Å². The van der Waals surface area contributed by atoms with Crippen molar-refractivity contribution >= 4 is 0 Å². The largest absolute Gasteiger partial charge is 0.313 e. The summed E-state index contributed by atoms with van der Waals surface area (Å²) < 4.78 is 0. The normalized spacial score (nSPS) is 12.9. The van der Waals surface area contributed by atoms with Gasteiger partial charge in [-0.3, -0.25) is 4.98 Å². The van der Waals surface area contributed by atoms with Crippen LogP contribution in [0.1, 0.15) is 32.4 Å². The van der Waals surface area contributed by atoms with Crippen molar-refractivity contribution in [3.05, 3.63) is 30.1 Å². The SMILES string of the molecule is CCCNC(CC)CN(C)CCc1ccccn1.